The summed E-state index contributed by atoms with van der Waals surface area (Å²) in [5.41, 5.74) is 5.02. The van der Waals surface area contributed by atoms with Gasteiger partial charge in [0, 0.05) is 36.7 Å². The number of piperazine rings is 1. The molecule has 0 radical (unpaired) electrons. The molecule has 1 aromatic carbocycles. The number of urea groups is 1. The summed E-state index contributed by atoms with van der Waals surface area (Å²) in [5, 5.41) is 4.44. The maximum Gasteiger partial charge on any atom is 0.416 e. The van der Waals surface area contributed by atoms with Crippen LogP contribution >= 0.6 is 11.3 Å². The van der Waals surface area contributed by atoms with Gasteiger partial charge in [-0.15, -0.1) is 11.3 Å². The Morgan fingerprint density at radius 3 is 2.45 bits per heavy atom. The third-order valence-corrected chi connectivity index (χ3v) is 5.74. The van der Waals surface area contributed by atoms with E-state index >= 15 is 0 Å². The minimum absolute atomic E-state index is 0.0764. The lowest BCUT2D eigenvalue weighted by molar-refractivity contribution is -0.137. The van der Waals surface area contributed by atoms with Crippen LogP contribution in [0.3, 0.4) is 0 Å². The first kappa shape index (κ1) is 21.0. The van der Waals surface area contributed by atoms with Crippen LogP contribution in [-0.4, -0.2) is 43.0 Å². The molecule has 156 valence electrons. The normalized spacial score (nSPS) is 15.8. The fourth-order valence-corrected chi connectivity index (χ4v) is 4.06. The zero-order chi connectivity index (χ0) is 21.0. The predicted molar refractivity (Wildman–Crippen MR) is 105 cm³/mol. The number of hydrogen-bond acceptors (Lipinski definition) is 4. The highest BCUT2D eigenvalue weighted by atomic mass is 32.1. The summed E-state index contributed by atoms with van der Waals surface area (Å²) in [7, 11) is 0. The van der Waals surface area contributed by atoms with Crippen molar-refractivity contribution in [2.24, 2.45) is 5.73 Å². The number of alkyl halides is 3. The molecule has 0 spiro atoms. The second-order valence-corrected chi connectivity index (χ2v) is 7.68. The number of carbonyl (C=O) groups excluding carboxylic acids is 2. The number of nitrogens with two attached hydrogens (primary N) is 1. The molecule has 0 bridgehead atoms. The van der Waals surface area contributed by atoms with Crippen LogP contribution in [0.4, 0.5) is 23.7 Å². The van der Waals surface area contributed by atoms with Gasteiger partial charge < -0.3 is 20.9 Å². The molecule has 3 amide bonds. The second-order valence-electron chi connectivity index (χ2n) is 6.70. The SMILES string of the molecule is NC(=O)N[C@@H](CC(=O)N1CCN(c2cccc(C(F)(F)F)c2)CC1)c1cccs1. The molecular weight excluding hydrogens is 405 g/mol. The topological polar surface area (TPSA) is 78.7 Å². The molecule has 0 unspecified atom stereocenters. The van der Waals surface area contributed by atoms with Gasteiger partial charge in [0.05, 0.1) is 18.0 Å². The van der Waals surface area contributed by atoms with Crippen molar-refractivity contribution >= 4 is 29.0 Å². The molecule has 0 saturated carbocycles. The molecule has 2 aromatic rings. The lowest BCUT2D eigenvalue weighted by Gasteiger charge is -2.37. The van der Waals surface area contributed by atoms with Gasteiger partial charge in [-0.05, 0) is 29.6 Å². The fourth-order valence-electron chi connectivity index (χ4n) is 3.28. The van der Waals surface area contributed by atoms with E-state index in [4.69, 9.17) is 5.73 Å². The average Bonchev–Trinajstić information content (AvgIpc) is 3.21. The minimum atomic E-state index is -4.39. The molecule has 1 aromatic heterocycles. The number of nitrogens with one attached hydrogen (secondary N) is 1. The Bertz CT molecular complexity index is 849. The second kappa shape index (κ2) is 8.73. The summed E-state index contributed by atoms with van der Waals surface area (Å²) in [6.45, 7) is 1.64. The molecule has 1 fully saturated rings. The van der Waals surface area contributed by atoms with Crippen molar-refractivity contribution in [2.45, 2.75) is 18.6 Å². The van der Waals surface area contributed by atoms with E-state index in [2.05, 4.69) is 5.32 Å². The number of rotatable bonds is 5. The zero-order valence-corrected chi connectivity index (χ0v) is 16.3. The molecular formula is C19H21F3N4O2S. The Labute approximate surface area is 170 Å². The number of nitrogens with zero attached hydrogens (tertiary/aromatic N) is 2. The molecule has 1 aliphatic heterocycles. The quantitative estimate of drug-likeness (QED) is 0.771. The predicted octanol–water partition coefficient (Wildman–Crippen LogP) is 3.22. The number of halogens is 3. The maximum absolute atomic E-state index is 12.9. The molecule has 2 heterocycles. The number of amides is 3. The largest absolute Gasteiger partial charge is 0.416 e. The van der Waals surface area contributed by atoms with E-state index in [1.807, 2.05) is 22.4 Å². The maximum atomic E-state index is 12.9. The monoisotopic (exact) mass is 426 g/mol. The van der Waals surface area contributed by atoms with Gasteiger partial charge in [0.15, 0.2) is 0 Å². The van der Waals surface area contributed by atoms with Gasteiger partial charge >= 0.3 is 12.2 Å². The number of primary amides is 1. The molecule has 1 aliphatic rings. The van der Waals surface area contributed by atoms with Gasteiger partial charge in [-0.1, -0.05) is 12.1 Å². The molecule has 10 heteroatoms. The van der Waals surface area contributed by atoms with Crippen molar-refractivity contribution in [3.63, 3.8) is 0 Å². The van der Waals surface area contributed by atoms with Crippen molar-refractivity contribution in [3.05, 3.63) is 52.2 Å². The van der Waals surface area contributed by atoms with Gasteiger partial charge in [-0.2, -0.15) is 13.2 Å². The van der Waals surface area contributed by atoms with E-state index in [9.17, 15) is 22.8 Å². The highest BCUT2D eigenvalue weighted by Gasteiger charge is 2.31. The van der Waals surface area contributed by atoms with Crippen LogP contribution in [-0.2, 0) is 11.0 Å². The third kappa shape index (κ3) is 5.41. The molecule has 0 aliphatic carbocycles. The molecule has 1 saturated heterocycles. The lowest BCUT2D eigenvalue weighted by Crippen LogP contribution is -2.49. The van der Waals surface area contributed by atoms with Crippen molar-refractivity contribution in [2.75, 3.05) is 31.1 Å². The summed E-state index contributed by atoms with van der Waals surface area (Å²) in [6.07, 6.45) is -4.31. The average molecular weight is 426 g/mol. The van der Waals surface area contributed by atoms with Crippen LogP contribution in [0, 0.1) is 0 Å². The Morgan fingerprint density at radius 2 is 1.86 bits per heavy atom. The summed E-state index contributed by atoms with van der Waals surface area (Å²) >= 11 is 1.42. The van der Waals surface area contributed by atoms with Crippen LogP contribution in [0.25, 0.3) is 0 Å². The Hall–Kier alpha value is -2.75. The Morgan fingerprint density at radius 1 is 1.14 bits per heavy atom. The molecule has 1 atom stereocenters. The van der Waals surface area contributed by atoms with E-state index in [1.165, 1.54) is 17.4 Å². The summed E-state index contributed by atoms with van der Waals surface area (Å²) < 4.78 is 38.8. The Balaban J connectivity index is 1.60. The first-order chi connectivity index (χ1) is 13.7. The highest BCUT2D eigenvalue weighted by molar-refractivity contribution is 7.10. The van der Waals surface area contributed by atoms with Crippen LogP contribution in [0.2, 0.25) is 0 Å². The Kier molecular flexibility index (Phi) is 6.31. The van der Waals surface area contributed by atoms with E-state index in [1.54, 1.807) is 11.0 Å². The van der Waals surface area contributed by atoms with Gasteiger partial charge in [-0.25, -0.2) is 4.79 Å². The fraction of sp³-hybridized carbons (Fsp3) is 0.368. The minimum Gasteiger partial charge on any atom is -0.368 e. The van der Waals surface area contributed by atoms with Crippen molar-refractivity contribution < 1.29 is 22.8 Å². The van der Waals surface area contributed by atoms with Crippen LogP contribution in [0.5, 0.6) is 0 Å². The van der Waals surface area contributed by atoms with E-state index < -0.39 is 23.8 Å². The third-order valence-electron chi connectivity index (χ3n) is 4.75. The first-order valence-electron chi connectivity index (χ1n) is 9.03. The number of benzene rings is 1. The summed E-state index contributed by atoms with van der Waals surface area (Å²) in [5.74, 6) is -0.138. The standard InChI is InChI=1S/C19H21F3N4O2S/c20-19(21,22)13-3-1-4-14(11-13)25-6-8-26(9-7-25)17(27)12-15(24-18(23)28)16-5-2-10-29-16/h1-5,10-11,15H,6-9,12H2,(H3,23,24,28)/t15-/m0/s1. The van der Waals surface area contributed by atoms with E-state index in [-0.39, 0.29) is 12.3 Å². The zero-order valence-electron chi connectivity index (χ0n) is 15.5. The first-order valence-corrected chi connectivity index (χ1v) is 9.91. The lowest BCUT2D eigenvalue weighted by atomic mass is 10.1. The van der Waals surface area contributed by atoms with E-state index in [0.29, 0.717) is 31.9 Å². The van der Waals surface area contributed by atoms with Crippen molar-refractivity contribution in [3.8, 4) is 0 Å². The number of anilines is 1. The smallest absolute Gasteiger partial charge is 0.368 e. The van der Waals surface area contributed by atoms with Crippen molar-refractivity contribution in [1.29, 1.82) is 0 Å². The van der Waals surface area contributed by atoms with Gasteiger partial charge in [0.25, 0.3) is 0 Å². The van der Waals surface area contributed by atoms with Gasteiger partial charge in [0.2, 0.25) is 5.91 Å². The number of thiophene rings is 1. The molecule has 6 nitrogen and oxygen atoms in total. The van der Waals surface area contributed by atoms with Gasteiger partial charge in [0.1, 0.15) is 0 Å². The van der Waals surface area contributed by atoms with Crippen molar-refractivity contribution in [1.82, 2.24) is 10.2 Å². The molecule has 3 rings (SSSR count). The highest BCUT2D eigenvalue weighted by Crippen LogP contribution is 2.32. The summed E-state index contributed by atoms with van der Waals surface area (Å²) in [4.78, 5) is 28.3. The number of carbonyl (C=O) groups is 2. The van der Waals surface area contributed by atoms with Crippen LogP contribution in [0.1, 0.15) is 22.9 Å². The number of hydrogen-bond donors (Lipinski definition) is 2. The van der Waals surface area contributed by atoms with E-state index in [0.717, 1.165) is 17.0 Å². The molecule has 29 heavy (non-hydrogen) atoms. The van der Waals surface area contributed by atoms with Crippen LogP contribution < -0.4 is 16.0 Å². The van der Waals surface area contributed by atoms with Gasteiger partial charge in [-0.3, -0.25) is 4.79 Å². The summed E-state index contributed by atoms with van der Waals surface area (Å²) in [6, 6.07) is 7.64. The molecule has 3 N–H and O–H groups in total. The van der Waals surface area contributed by atoms with Crippen LogP contribution in [0.15, 0.2) is 41.8 Å².